The highest BCUT2D eigenvalue weighted by Gasteiger charge is 2.40. The Balaban J connectivity index is 1.82. The van der Waals surface area contributed by atoms with E-state index in [4.69, 9.17) is 0 Å². The zero-order valence-electron chi connectivity index (χ0n) is 17.8. The van der Waals surface area contributed by atoms with E-state index in [9.17, 15) is 4.79 Å². The number of carbonyl (C=O) groups is 1. The highest BCUT2D eigenvalue weighted by atomic mass is 79.9. The summed E-state index contributed by atoms with van der Waals surface area (Å²) in [6.45, 7) is 2.94. The lowest BCUT2D eigenvalue weighted by Crippen LogP contribution is -2.30. The third-order valence-electron chi connectivity index (χ3n) is 6.35. The lowest BCUT2D eigenvalue weighted by atomic mass is 9.93. The Bertz CT molecular complexity index is 1270. The quantitative estimate of drug-likeness (QED) is 0.308. The fraction of sp³-hybridized carbons (Fsp3) is 0.222. The molecule has 1 amide bonds. The number of hydrogen-bond donors (Lipinski definition) is 0. The van der Waals surface area contributed by atoms with Gasteiger partial charge in [0, 0.05) is 40.1 Å². The number of rotatable bonds is 5. The molecule has 0 radical (unpaired) electrons. The summed E-state index contributed by atoms with van der Waals surface area (Å²) in [4.78, 5) is 15.5. The van der Waals surface area contributed by atoms with Gasteiger partial charge in [-0.3, -0.25) is 4.79 Å². The van der Waals surface area contributed by atoms with Crippen LogP contribution in [-0.2, 0) is 7.05 Å². The van der Waals surface area contributed by atoms with E-state index in [1.807, 2.05) is 18.2 Å². The molecule has 1 unspecified atom stereocenters. The predicted molar refractivity (Wildman–Crippen MR) is 130 cm³/mol. The maximum absolute atomic E-state index is 13.4. The first kappa shape index (κ1) is 20.1. The van der Waals surface area contributed by atoms with Crippen molar-refractivity contribution in [3.05, 3.63) is 94.0 Å². The molecule has 3 nitrogen and oxygen atoms in total. The van der Waals surface area contributed by atoms with Crippen LogP contribution in [0.1, 0.15) is 47.3 Å². The van der Waals surface area contributed by atoms with Gasteiger partial charge < -0.3 is 9.47 Å². The monoisotopic (exact) mass is 472 g/mol. The molecular formula is C27H25BrN2O. The number of carbonyl (C=O) groups excluding carboxylic acids is 1. The van der Waals surface area contributed by atoms with Gasteiger partial charge in [-0.05, 0) is 41.8 Å². The molecule has 4 aromatic rings. The Labute approximate surface area is 191 Å². The summed E-state index contributed by atoms with van der Waals surface area (Å²) in [6, 6.07) is 25.0. The number of para-hydroxylation sites is 1. The van der Waals surface area contributed by atoms with Crippen LogP contribution in [0.25, 0.3) is 22.2 Å². The van der Waals surface area contributed by atoms with Crippen molar-refractivity contribution in [3.8, 4) is 11.3 Å². The number of benzene rings is 3. The van der Waals surface area contributed by atoms with Gasteiger partial charge in [-0.15, -0.1) is 0 Å². The number of halogens is 1. The summed E-state index contributed by atoms with van der Waals surface area (Å²) in [5.74, 6) is 0.142. The number of aryl methyl sites for hydroxylation is 1. The Morgan fingerprint density at radius 1 is 0.935 bits per heavy atom. The molecule has 2 heterocycles. The van der Waals surface area contributed by atoms with Crippen molar-refractivity contribution in [2.24, 2.45) is 7.05 Å². The topological polar surface area (TPSA) is 25.2 Å². The summed E-state index contributed by atoms with van der Waals surface area (Å²) < 4.78 is 3.33. The molecule has 1 aliphatic rings. The molecule has 0 fully saturated rings. The lowest BCUT2D eigenvalue weighted by Gasteiger charge is -2.27. The summed E-state index contributed by atoms with van der Waals surface area (Å²) in [7, 11) is 2.13. The van der Waals surface area contributed by atoms with E-state index in [1.165, 1.54) is 22.2 Å². The second-order valence-corrected chi connectivity index (χ2v) is 9.10. The van der Waals surface area contributed by atoms with Crippen molar-refractivity contribution >= 4 is 32.7 Å². The smallest absolute Gasteiger partial charge is 0.255 e. The minimum Gasteiger partial charge on any atom is -0.343 e. The molecule has 31 heavy (non-hydrogen) atoms. The summed E-state index contributed by atoms with van der Waals surface area (Å²) >= 11 is 3.56. The van der Waals surface area contributed by atoms with E-state index < -0.39 is 0 Å². The van der Waals surface area contributed by atoms with Crippen LogP contribution in [-0.4, -0.2) is 21.9 Å². The van der Waals surface area contributed by atoms with E-state index in [2.05, 4.69) is 94.0 Å². The molecule has 0 aliphatic carbocycles. The van der Waals surface area contributed by atoms with E-state index >= 15 is 0 Å². The van der Waals surface area contributed by atoms with Crippen molar-refractivity contribution in [2.75, 3.05) is 6.54 Å². The fourth-order valence-electron chi connectivity index (χ4n) is 4.90. The molecule has 5 rings (SSSR count). The van der Waals surface area contributed by atoms with Crippen LogP contribution in [0, 0.1) is 0 Å². The van der Waals surface area contributed by atoms with E-state index in [-0.39, 0.29) is 11.9 Å². The molecule has 1 aromatic heterocycles. The van der Waals surface area contributed by atoms with Gasteiger partial charge in [0.15, 0.2) is 0 Å². The molecule has 1 aliphatic heterocycles. The molecule has 4 heteroatoms. The number of aromatic nitrogens is 1. The first-order valence-corrected chi connectivity index (χ1v) is 11.6. The van der Waals surface area contributed by atoms with Gasteiger partial charge in [0.25, 0.3) is 5.91 Å². The molecule has 0 N–H and O–H groups in total. The molecule has 156 valence electrons. The SMILES string of the molecule is CCCCN1C(=O)c2ccccc2C1c1c(-c2ccc(Br)cc2)n(C)c2ccccc12. The summed E-state index contributed by atoms with van der Waals surface area (Å²) in [6.07, 6.45) is 2.05. The predicted octanol–water partition coefficient (Wildman–Crippen LogP) is 6.95. The third-order valence-corrected chi connectivity index (χ3v) is 6.88. The molecule has 1 atom stereocenters. The average Bonchev–Trinajstić information content (AvgIpc) is 3.24. The van der Waals surface area contributed by atoms with E-state index in [1.54, 1.807) is 0 Å². The Kier molecular flexibility index (Phi) is 5.19. The third kappa shape index (κ3) is 3.21. The Morgan fingerprint density at radius 3 is 2.42 bits per heavy atom. The van der Waals surface area contributed by atoms with Crippen LogP contribution in [0.2, 0.25) is 0 Å². The second-order valence-electron chi connectivity index (χ2n) is 8.19. The highest BCUT2D eigenvalue weighted by Crippen LogP contribution is 2.46. The number of fused-ring (bicyclic) bond motifs is 2. The fourth-order valence-corrected chi connectivity index (χ4v) is 5.16. The molecule has 0 saturated carbocycles. The van der Waals surface area contributed by atoms with Gasteiger partial charge in [-0.2, -0.15) is 0 Å². The molecule has 0 spiro atoms. The zero-order chi connectivity index (χ0) is 21.5. The minimum absolute atomic E-state index is 0.0833. The van der Waals surface area contributed by atoms with Gasteiger partial charge in [0.1, 0.15) is 0 Å². The minimum atomic E-state index is -0.0833. The molecule has 0 saturated heterocycles. The van der Waals surface area contributed by atoms with E-state index in [0.717, 1.165) is 40.5 Å². The average molecular weight is 473 g/mol. The largest absolute Gasteiger partial charge is 0.343 e. The van der Waals surface area contributed by atoms with Gasteiger partial charge in [-0.1, -0.05) is 77.8 Å². The summed E-state index contributed by atoms with van der Waals surface area (Å²) in [5, 5.41) is 1.21. The number of amides is 1. The van der Waals surface area contributed by atoms with Crippen molar-refractivity contribution in [3.63, 3.8) is 0 Å². The highest BCUT2D eigenvalue weighted by molar-refractivity contribution is 9.10. The van der Waals surface area contributed by atoms with Crippen molar-refractivity contribution in [1.29, 1.82) is 0 Å². The summed E-state index contributed by atoms with van der Waals surface area (Å²) in [5.41, 5.74) is 6.67. The van der Waals surface area contributed by atoms with Crippen LogP contribution < -0.4 is 0 Å². The van der Waals surface area contributed by atoms with Crippen LogP contribution in [0.4, 0.5) is 0 Å². The van der Waals surface area contributed by atoms with Crippen LogP contribution in [0.3, 0.4) is 0 Å². The Hall–Kier alpha value is -2.85. The van der Waals surface area contributed by atoms with Crippen LogP contribution in [0.15, 0.2) is 77.3 Å². The Morgan fingerprint density at radius 2 is 1.65 bits per heavy atom. The normalized spacial score (nSPS) is 15.6. The second kappa shape index (κ2) is 8.01. The number of unbranched alkanes of at least 4 members (excludes halogenated alkanes) is 1. The standard InChI is InChI=1S/C27H25BrN2O/c1-3-4-17-30-26(20-9-5-6-10-21(20)27(30)31)24-22-11-7-8-12-23(22)29(2)25(24)18-13-15-19(28)16-14-18/h5-16,26H,3-4,17H2,1-2H3. The molecule has 0 bridgehead atoms. The van der Waals surface area contributed by atoms with Crippen molar-refractivity contribution in [1.82, 2.24) is 9.47 Å². The van der Waals surface area contributed by atoms with Gasteiger partial charge in [0.05, 0.1) is 11.7 Å². The van der Waals surface area contributed by atoms with Crippen LogP contribution in [0.5, 0.6) is 0 Å². The number of nitrogens with zero attached hydrogens (tertiary/aromatic N) is 2. The zero-order valence-corrected chi connectivity index (χ0v) is 19.4. The maximum Gasteiger partial charge on any atom is 0.255 e. The first-order valence-electron chi connectivity index (χ1n) is 10.8. The first-order chi connectivity index (χ1) is 15.1. The molecular weight excluding hydrogens is 448 g/mol. The van der Waals surface area contributed by atoms with Crippen LogP contribution >= 0.6 is 15.9 Å². The van der Waals surface area contributed by atoms with Crippen molar-refractivity contribution < 1.29 is 4.79 Å². The van der Waals surface area contributed by atoms with Gasteiger partial charge in [-0.25, -0.2) is 0 Å². The number of hydrogen-bond acceptors (Lipinski definition) is 1. The van der Waals surface area contributed by atoms with Gasteiger partial charge in [0.2, 0.25) is 0 Å². The maximum atomic E-state index is 13.4. The lowest BCUT2D eigenvalue weighted by molar-refractivity contribution is 0.0748. The van der Waals surface area contributed by atoms with Gasteiger partial charge >= 0.3 is 0 Å². The van der Waals surface area contributed by atoms with E-state index in [0.29, 0.717) is 0 Å². The molecule has 3 aromatic carbocycles. The van der Waals surface area contributed by atoms with Crippen molar-refractivity contribution in [2.45, 2.75) is 25.8 Å².